The third-order valence-corrected chi connectivity index (χ3v) is 3.90. The van der Waals surface area contributed by atoms with Gasteiger partial charge in [0.15, 0.2) is 0 Å². The van der Waals surface area contributed by atoms with Crippen LogP contribution in [0, 0.1) is 20.2 Å². The van der Waals surface area contributed by atoms with Gasteiger partial charge in [0.05, 0.1) is 22.1 Å². The highest BCUT2D eigenvalue weighted by Gasteiger charge is 2.19. The summed E-state index contributed by atoms with van der Waals surface area (Å²) in [5, 5.41) is 25.3. The zero-order valence-corrected chi connectivity index (χ0v) is 13.1. The standard InChI is InChI=1S/C13H10N4O7S/c18-16(19)10-5-6-11(12(7-10)17(20)21)15-14-8-9-3-1-2-4-13(9)25(22,23)24/h1-8,15H,(H,22,23,24)/b14-8+. The van der Waals surface area contributed by atoms with Gasteiger partial charge in [-0.1, -0.05) is 18.2 Å². The van der Waals surface area contributed by atoms with E-state index in [9.17, 15) is 28.6 Å². The Morgan fingerprint density at radius 3 is 2.36 bits per heavy atom. The Labute approximate surface area is 140 Å². The molecule has 0 amide bonds. The molecule has 12 heteroatoms. The number of rotatable bonds is 6. The minimum Gasteiger partial charge on any atom is -0.282 e. The predicted octanol–water partition coefficient (Wildman–Crippen LogP) is 2.20. The number of anilines is 1. The zero-order valence-electron chi connectivity index (χ0n) is 12.3. The molecule has 11 nitrogen and oxygen atoms in total. The van der Waals surface area contributed by atoms with Crippen LogP contribution in [0.15, 0.2) is 52.5 Å². The van der Waals surface area contributed by atoms with Gasteiger partial charge in [-0.15, -0.1) is 0 Å². The number of hydrazone groups is 1. The normalized spacial score (nSPS) is 11.4. The van der Waals surface area contributed by atoms with Crippen LogP contribution in [0.3, 0.4) is 0 Å². The Bertz CT molecular complexity index is 972. The molecule has 2 aromatic carbocycles. The van der Waals surface area contributed by atoms with E-state index in [0.717, 1.165) is 30.5 Å². The van der Waals surface area contributed by atoms with E-state index in [0.29, 0.717) is 0 Å². The molecule has 0 radical (unpaired) electrons. The molecular weight excluding hydrogens is 356 g/mol. The third-order valence-electron chi connectivity index (χ3n) is 2.97. The summed E-state index contributed by atoms with van der Waals surface area (Å²) in [6.07, 6.45) is 1.04. The Kier molecular flexibility index (Phi) is 5.05. The van der Waals surface area contributed by atoms with Gasteiger partial charge in [0, 0.05) is 11.6 Å². The molecule has 0 bridgehead atoms. The number of hydrogen-bond donors (Lipinski definition) is 2. The van der Waals surface area contributed by atoms with Crippen LogP contribution >= 0.6 is 0 Å². The summed E-state index contributed by atoms with van der Waals surface area (Å²) in [5.74, 6) is 0. The SMILES string of the molecule is O=[N+]([O-])c1ccc(N/N=C/c2ccccc2S(=O)(=O)O)c([N+](=O)[O-])c1. The number of non-ortho nitro benzene ring substituents is 1. The maximum atomic E-state index is 11.3. The highest BCUT2D eigenvalue weighted by molar-refractivity contribution is 7.86. The van der Waals surface area contributed by atoms with Crippen molar-refractivity contribution in [2.45, 2.75) is 4.90 Å². The number of nitrogens with one attached hydrogen (secondary N) is 1. The quantitative estimate of drug-likeness (QED) is 0.340. The van der Waals surface area contributed by atoms with Gasteiger partial charge < -0.3 is 0 Å². The van der Waals surface area contributed by atoms with Crippen LogP contribution in [0.2, 0.25) is 0 Å². The Morgan fingerprint density at radius 2 is 1.76 bits per heavy atom. The molecule has 25 heavy (non-hydrogen) atoms. The maximum absolute atomic E-state index is 11.3. The fraction of sp³-hybridized carbons (Fsp3) is 0. The number of hydrogen-bond acceptors (Lipinski definition) is 8. The van der Waals surface area contributed by atoms with Crippen molar-refractivity contribution in [3.05, 3.63) is 68.3 Å². The van der Waals surface area contributed by atoms with Crippen LogP contribution in [0.25, 0.3) is 0 Å². The van der Waals surface area contributed by atoms with E-state index >= 15 is 0 Å². The second-order valence-electron chi connectivity index (χ2n) is 4.60. The van der Waals surface area contributed by atoms with Gasteiger partial charge in [0.25, 0.3) is 15.8 Å². The van der Waals surface area contributed by atoms with Crippen LogP contribution in [0.1, 0.15) is 5.56 Å². The lowest BCUT2D eigenvalue weighted by molar-refractivity contribution is -0.393. The first-order valence-electron chi connectivity index (χ1n) is 6.48. The number of nitrogens with zero attached hydrogens (tertiary/aromatic N) is 3. The van der Waals surface area contributed by atoms with Crippen molar-refractivity contribution in [1.29, 1.82) is 0 Å². The van der Waals surface area contributed by atoms with E-state index < -0.39 is 36.2 Å². The molecule has 0 aliphatic heterocycles. The monoisotopic (exact) mass is 366 g/mol. The number of nitro benzene ring substituents is 2. The van der Waals surface area contributed by atoms with Crippen molar-refractivity contribution in [2.24, 2.45) is 5.10 Å². The van der Waals surface area contributed by atoms with Crippen LogP contribution in [0.5, 0.6) is 0 Å². The second kappa shape index (κ2) is 7.02. The molecule has 0 aliphatic carbocycles. The molecule has 2 N–H and O–H groups in total. The Hall–Kier alpha value is -3.38. The first-order valence-corrected chi connectivity index (χ1v) is 7.92. The molecule has 2 aromatic rings. The summed E-state index contributed by atoms with van der Waals surface area (Å²) in [6.45, 7) is 0. The lowest BCUT2D eigenvalue weighted by atomic mass is 10.2. The largest absolute Gasteiger partial charge is 0.301 e. The molecule has 0 spiro atoms. The molecule has 0 unspecified atom stereocenters. The third kappa shape index (κ3) is 4.33. The molecule has 0 fully saturated rings. The topological polar surface area (TPSA) is 165 Å². The molecule has 0 heterocycles. The van der Waals surface area contributed by atoms with E-state index in [4.69, 9.17) is 4.55 Å². The van der Waals surface area contributed by atoms with Gasteiger partial charge in [-0.3, -0.25) is 30.2 Å². The van der Waals surface area contributed by atoms with Crippen molar-refractivity contribution in [2.75, 3.05) is 5.43 Å². The summed E-state index contributed by atoms with van der Waals surface area (Å²) in [4.78, 5) is 19.7. The Balaban J connectivity index is 2.32. The highest BCUT2D eigenvalue weighted by atomic mass is 32.2. The molecule has 0 atom stereocenters. The zero-order chi connectivity index (χ0) is 18.6. The van der Waals surface area contributed by atoms with Crippen LogP contribution in [0.4, 0.5) is 17.1 Å². The summed E-state index contributed by atoms with van der Waals surface area (Å²) < 4.78 is 31.6. The highest BCUT2D eigenvalue weighted by Crippen LogP contribution is 2.28. The number of benzene rings is 2. The van der Waals surface area contributed by atoms with Crippen LogP contribution in [-0.4, -0.2) is 29.0 Å². The molecule has 0 saturated carbocycles. The summed E-state index contributed by atoms with van der Waals surface area (Å²) in [6, 6.07) is 8.34. The second-order valence-corrected chi connectivity index (χ2v) is 5.99. The van der Waals surface area contributed by atoms with Gasteiger partial charge in [0.2, 0.25) is 0 Å². The average Bonchev–Trinajstić information content (AvgIpc) is 2.54. The van der Waals surface area contributed by atoms with Gasteiger partial charge >= 0.3 is 5.69 Å². The smallest absolute Gasteiger partial charge is 0.282 e. The molecule has 0 saturated heterocycles. The maximum Gasteiger partial charge on any atom is 0.301 e. The van der Waals surface area contributed by atoms with Gasteiger partial charge in [-0.05, 0) is 12.1 Å². The fourth-order valence-electron chi connectivity index (χ4n) is 1.87. The molecule has 130 valence electrons. The summed E-state index contributed by atoms with van der Waals surface area (Å²) in [7, 11) is -4.47. The molecule has 0 aliphatic rings. The molecule has 0 aromatic heterocycles. The van der Waals surface area contributed by atoms with Gasteiger partial charge in [-0.2, -0.15) is 13.5 Å². The Morgan fingerprint density at radius 1 is 1.08 bits per heavy atom. The first kappa shape index (κ1) is 18.0. The molecular formula is C13H10N4O7S. The minimum atomic E-state index is -4.47. The first-order chi connectivity index (χ1) is 11.7. The van der Waals surface area contributed by atoms with Crippen LogP contribution < -0.4 is 5.43 Å². The van der Waals surface area contributed by atoms with E-state index in [1.54, 1.807) is 0 Å². The van der Waals surface area contributed by atoms with Gasteiger partial charge in [0.1, 0.15) is 10.6 Å². The lowest BCUT2D eigenvalue weighted by Crippen LogP contribution is -2.03. The van der Waals surface area contributed by atoms with Crippen molar-refractivity contribution in [3.63, 3.8) is 0 Å². The van der Waals surface area contributed by atoms with E-state index in [-0.39, 0.29) is 11.3 Å². The van der Waals surface area contributed by atoms with Crippen molar-refractivity contribution in [1.82, 2.24) is 0 Å². The van der Waals surface area contributed by atoms with Crippen molar-refractivity contribution >= 4 is 33.4 Å². The van der Waals surface area contributed by atoms with Gasteiger partial charge in [-0.25, -0.2) is 0 Å². The average molecular weight is 366 g/mol. The predicted molar refractivity (Wildman–Crippen MR) is 87.2 cm³/mol. The van der Waals surface area contributed by atoms with Crippen molar-refractivity contribution in [3.8, 4) is 0 Å². The summed E-state index contributed by atoms with van der Waals surface area (Å²) in [5.41, 5.74) is 1.20. The lowest BCUT2D eigenvalue weighted by Gasteiger charge is -2.03. The van der Waals surface area contributed by atoms with Crippen molar-refractivity contribution < 1.29 is 22.8 Å². The van der Waals surface area contributed by atoms with Crippen LogP contribution in [-0.2, 0) is 10.1 Å². The molecule has 2 rings (SSSR count). The number of nitro groups is 2. The summed E-state index contributed by atoms with van der Waals surface area (Å²) >= 11 is 0. The van der Waals surface area contributed by atoms with E-state index in [2.05, 4.69) is 10.5 Å². The van der Waals surface area contributed by atoms with E-state index in [1.807, 2.05) is 0 Å². The van der Waals surface area contributed by atoms with E-state index in [1.165, 1.54) is 18.2 Å². The fourth-order valence-corrected chi connectivity index (χ4v) is 2.54. The minimum absolute atomic E-state index is 0.0436.